The molecule has 1 aromatic heterocycles. The molecule has 18 heavy (non-hydrogen) atoms. The largest absolute Gasteiger partial charge is 0.481 e. The van der Waals surface area contributed by atoms with Crippen LogP contribution in [-0.4, -0.2) is 26.5 Å². The van der Waals surface area contributed by atoms with Gasteiger partial charge in [0.25, 0.3) is 0 Å². The Morgan fingerprint density at radius 3 is 2.72 bits per heavy atom. The van der Waals surface area contributed by atoms with Gasteiger partial charge in [-0.1, -0.05) is 12.2 Å². The second-order valence-electron chi connectivity index (χ2n) is 3.74. The van der Waals surface area contributed by atoms with Gasteiger partial charge < -0.3 is 10.4 Å². The van der Waals surface area contributed by atoms with Gasteiger partial charge in [-0.15, -0.1) is 0 Å². The van der Waals surface area contributed by atoms with Crippen molar-refractivity contribution in [2.24, 2.45) is 5.92 Å². The van der Waals surface area contributed by atoms with Crippen molar-refractivity contribution in [3.05, 3.63) is 18.0 Å². The average molecular weight is 279 g/mol. The fourth-order valence-corrected chi connectivity index (χ4v) is 2.19. The lowest BCUT2D eigenvalue weighted by Gasteiger charge is -2.09. The van der Waals surface area contributed by atoms with Gasteiger partial charge >= 0.3 is 12.1 Å². The van der Waals surface area contributed by atoms with Crippen LogP contribution in [0, 0.1) is 5.92 Å². The maximum absolute atomic E-state index is 12.2. The minimum Gasteiger partial charge on any atom is -0.481 e. The molecule has 0 saturated heterocycles. The van der Waals surface area contributed by atoms with E-state index in [0.717, 1.165) is 0 Å². The molecule has 0 bridgehead atoms. The van der Waals surface area contributed by atoms with Crippen LogP contribution < -0.4 is 5.32 Å². The summed E-state index contributed by atoms with van der Waals surface area (Å²) < 4.78 is 39.9. The number of aliphatic carboxylic acids is 1. The number of hydrogen-bond acceptors (Lipinski definition) is 5. The van der Waals surface area contributed by atoms with Gasteiger partial charge in [-0.05, 0) is 6.42 Å². The summed E-state index contributed by atoms with van der Waals surface area (Å²) in [7, 11) is 0. The van der Waals surface area contributed by atoms with Gasteiger partial charge in [0.1, 0.15) is 0 Å². The molecule has 0 aliphatic heterocycles. The molecule has 0 fully saturated rings. The van der Waals surface area contributed by atoms with Crippen LogP contribution in [0.1, 0.15) is 12.2 Å². The van der Waals surface area contributed by atoms with Gasteiger partial charge in [0.05, 0.1) is 5.92 Å². The van der Waals surface area contributed by atoms with Gasteiger partial charge in [0.2, 0.25) is 11.0 Å². The van der Waals surface area contributed by atoms with Crippen molar-refractivity contribution < 1.29 is 23.1 Å². The van der Waals surface area contributed by atoms with E-state index in [0.29, 0.717) is 11.5 Å². The molecule has 0 radical (unpaired) electrons. The molecule has 0 aromatic carbocycles. The van der Waals surface area contributed by atoms with Crippen molar-refractivity contribution in [2.45, 2.75) is 18.6 Å². The maximum atomic E-state index is 12.2. The van der Waals surface area contributed by atoms with Gasteiger partial charge in [-0.25, -0.2) is 0 Å². The molecule has 2 atom stereocenters. The Morgan fingerprint density at radius 1 is 1.50 bits per heavy atom. The maximum Gasteiger partial charge on any atom is 0.452 e. The Balaban J connectivity index is 1.98. The fourth-order valence-electron chi connectivity index (χ4n) is 1.54. The Hall–Kier alpha value is -1.64. The number of aromatic nitrogens is 2. The number of nitrogens with one attached hydrogen (secondary N) is 1. The van der Waals surface area contributed by atoms with Gasteiger partial charge in [0, 0.05) is 17.6 Å². The molecule has 9 heteroatoms. The highest BCUT2D eigenvalue weighted by Crippen LogP contribution is 2.30. The molecule has 2 unspecified atom stereocenters. The minimum atomic E-state index is -4.56. The monoisotopic (exact) mass is 279 g/mol. The van der Waals surface area contributed by atoms with Crippen LogP contribution in [0.5, 0.6) is 0 Å². The molecule has 2 N–H and O–H groups in total. The van der Waals surface area contributed by atoms with Gasteiger partial charge in [0.15, 0.2) is 0 Å². The second-order valence-corrected chi connectivity index (χ2v) is 4.49. The third kappa shape index (κ3) is 2.78. The summed E-state index contributed by atoms with van der Waals surface area (Å²) in [4.78, 5) is 14.0. The lowest BCUT2D eigenvalue weighted by atomic mass is 10.1. The molecule has 0 amide bonds. The first kappa shape index (κ1) is 12.8. The van der Waals surface area contributed by atoms with Crippen LogP contribution >= 0.6 is 11.5 Å². The summed E-state index contributed by atoms with van der Waals surface area (Å²) in [6.07, 6.45) is -1.17. The molecule has 0 saturated carbocycles. The highest BCUT2D eigenvalue weighted by molar-refractivity contribution is 7.09. The molecule has 0 spiro atoms. The molecule has 2 rings (SSSR count). The Labute approximate surface area is 104 Å². The molecule has 1 aliphatic carbocycles. The number of alkyl halides is 3. The predicted octanol–water partition coefficient (Wildman–Crippen LogP) is 2.00. The fraction of sp³-hybridized carbons (Fsp3) is 0.444. The zero-order valence-electron chi connectivity index (χ0n) is 8.81. The van der Waals surface area contributed by atoms with E-state index in [4.69, 9.17) is 5.11 Å². The van der Waals surface area contributed by atoms with E-state index in [9.17, 15) is 18.0 Å². The normalized spacial score (nSPS) is 23.3. The van der Waals surface area contributed by atoms with Crippen molar-refractivity contribution in [1.82, 2.24) is 9.36 Å². The smallest absolute Gasteiger partial charge is 0.452 e. The Kier molecular flexibility index (Phi) is 3.24. The molecule has 1 aromatic rings. The topological polar surface area (TPSA) is 75.1 Å². The predicted molar refractivity (Wildman–Crippen MR) is 57.2 cm³/mol. The quantitative estimate of drug-likeness (QED) is 0.828. The number of rotatable bonds is 3. The van der Waals surface area contributed by atoms with Crippen LogP contribution in [0.15, 0.2) is 12.2 Å². The Morgan fingerprint density at radius 2 is 2.22 bits per heavy atom. The minimum absolute atomic E-state index is 0.0306. The average Bonchev–Trinajstić information content (AvgIpc) is 2.85. The number of carboxylic acid groups (broad SMARTS) is 1. The van der Waals surface area contributed by atoms with Crippen LogP contribution in [0.2, 0.25) is 0 Å². The van der Waals surface area contributed by atoms with Crippen molar-refractivity contribution in [3.8, 4) is 0 Å². The van der Waals surface area contributed by atoms with Crippen molar-refractivity contribution in [3.63, 3.8) is 0 Å². The molecule has 98 valence electrons. The van der Waals surface area contributed by atoms with Crippen LogP contribution in [-0.2, 0) is 11.0 Å². The number of nitrogens with zero attached hydrogens (tertiary/aromatic N) is 2. The van der Waals surface area contributed by atoms with E-state index in [2.05, 4.69) is 14.7 Å². The second kappa shape index (κ2) is 4.56. The summed E-state index contributed by atoms with van der Waals surface area (Å²) in [6.45, 7) is 0. The van der Waals surface area contributed by atoms with Crippen molar-refractivity contribution in [1.29, 1.82) is 0 Å². The van der Waals surface area contributed by atoms with Crippen LogP contribution in [0.4, 0.5) is 18.3 Å². The molecule has 1 heterocycles. The number of halogens is 3. The van der Waals surface area contributed by atoms with Crippen molar-refractivity contribution >= 4 is 22.6 Å². The number of hydrogen-bond donors (Lipinski definition) is 2. The third-order valence-corrected chi connectivity index (χ3v) is 3.04. The third-order valence-electron chi connectivity index (χ3n) is 2.39. The summed E-state index contributed by atoms with van der Waals surface area (Å²) >= 11 is 0.599. The highest BCUT2D eigenvalue weighted by atomic mass is 32.1. The van der Waals surface area contributed by atoms with Gasteiger partial charge in [-0.3, -0.25) is 4.79 Å². The highest BCUT2D eigenvalue weighted by Gasteiger charge is 2.36. The van der Waals surface area contributed by atoms with Crippen molar-refractivity contribution in [2.75, 3.05) is 5.32 Å². The van der Waals surface area contributed by atoms with E-state index >= 15 is 0 Å². The summed E-state index contributed by atoms with van der Waals surface area (Å²) in [5.74, 6) is -2.76. The molecule has 5 nitrogen and oxygen atoms in total. The first-order valence-electron chi connectivity index (χ1n) is 4.95. The lowest BCUT2D eigenvalue weighted by molar-refractivity contribution is -0.144. The number of carboxylic acids is 1. The summed E-state index contributed by atoms with van der Waals surface area (Å²) in [5, 5.41) is 11.5. The first-order chi connectivity index (χ1) is 8.36. The van der Waals surface area contributed by atoms with E-state index in [1.54, 1.807) is 6.08 Å². The lowest BCUT2D eigenvalue weighted by Crippen LogP contribution is -2.18. The van der Waals surface area contributed by atoms with E-state index in [1.807, 2.05) is 0 Å². The zero-order chi connectivity index (χ0) is 13.3. The molecular formula is C9H8F3N3O2S. The first-order valence-corrected chi connectivity index (χ1v) is 5.72. The van der Waals surface area contributed by atoms with Crippen LogP contribution in [0.3, 0.4) is 0 Å². The number of anilines is 1. The molecule has 1 aliphatic rings. The SMILES string of the molecule is O=C(O)C1C=CC(Nc2nc(C(F)(F)F)ns2)C1. The Bertz CT molecular complexity index is 486. The van der Waals surface area contributed by atoms with E-state index in [-0.39, 0.29) is 17.6 Å². The van der Waals surface area contributed by atoms with E-state index < -0.39 is 23.9 Å². The molecular weight excluding hydrogens is 271 g/mol. The van der Waals surface area contributed by atoms with E-state index in [1.165, 1.54) is 6.08 Å². The number of carbonyl (C=O) groups is 1. The van der Waals surface area contributed by atoms with Gasteiger partial charge in [-0.2, -0.15) is 22.5 Å². The van der Waals surface area contributed by atoms with Crippen LogP contribution in [0.25, 0.3) is 0 Å². The standard InChI is InChI=1S/C9H8F3N3O2S/c10-9(11,12)7-14-8(18-15-7)13-5-2-1-4(3-5)6(16)17/h1-2,4-5H,3H2,(H,16,17)(H,13,14,15). The summed E-state index contributed by atoms with van der Waals surface area (Å²) in [6, 6.07) is -0.333. The zero-order valence-corrected chi connectivity index (χ0v) is 9.63. The summed E-state index contributed by atoms with van der Waals surface area (Å²) in [5.41, 5.74) is 0.